The fourth-order valence-electron chi connectivity index (χ4n) is 3.48. The number of fused-ring (bicyclic) bond motifs is 1. The minimum absolute atomic E-state index is 0.0965. The van der Waals surface area contributed by atoms with Gasteiger partial charge in [0.15, 0.2) is 6.61 Å². The van der Waals surface area contributed by atoms with Crippen LogP contribution in [0.3, 0.4) is 0 Å². The monoisotopic (exact) mass is 481 g/mol. The van der Waals surface area contributed by atoms with Crippen molar-refractivity contribution < 1.29 is 28.2 Å². The summed E-state index contributed by atoms with van der Waals surface area (Å²) in [4.78, 5) is 37.0. The van der Waals surface area contributed by atoms with Crippen molar-refractivity contribution in [2.24, 2.45) is 0 Å². The smallest absolute Gasteiger partial charge is 0.349 e. The molecule has 8 heteroatoms. The summed E-state index contributed by atoms with van der Waals surface area (Å²) in [6.45, 7) is 8.83. The molecular formula is C27H31NO7. The van der Waals surface area contributed by atoms with Crippen molar-refractivity contribution in [2.45, 2.75) is 39.5 Å². The van der Waals surface area contributed by atoms with E-state index in [0.717, 1.165) is 11.1 Å². The van der Waals surface area contributed by atoms with Gasteiger partial charge >= 0.3 is 11.6 Å². The predicted molar refractivity (Wildman–Crippen MR) is 132 cm³/mol. The molecule has 1 amide bonds. The van der Waals surface area contributed by atoms with Gasteiger partial charge in [-0.1, -0.05) is 38.5 Å². The Morgan fingerprint density at radius 3 is 2.54 bits per heavy atom. The van der Waals surface area contributed by atoms with E-state index in [0.29, 0.717) is 30.7 Å². The molecule has 0 atom stereocenters. The Morgan fingerprint density at radius 1 is 1.06 bits per heavy atom. The molecule has 0 bridgehead atoms. The maximum atomic E-state index is 12.4. The topological polar surface area (TPSA) is 104 Å². The summed E-state index contributed by atoms with van der Waals surface area (Å²) in [6, 6.07) is 11.9. The fourth-order valence-corrected chi connectivity index (χ4v) is 3.48. The van der Waals surface area contributed by atoms with Crippen LogP contribution < -0.4 is 20.4 Å². The molecule has 0 saturated carbocycles. The van der Waals surface area contributed by atoms with E-state index in [1.807, 2.05) is 25.1 Å². The van der Waals surface area contributed by atoms with E-state index in [9.17, 15) is 14.4 Å². The van der Waals surface area contributed by atoms with Gasteiger partial charge in [-0.3, -0.25) is 4.79 Å². The Bertz CT molecular complexity index is 1270. The number of esters is 1. The lowest BCUT2D eigenvalue weighted by Crippen LogP contribution is -2.29. The van der Waals surface area contributed by atoms with Crippen LogP contribution in [-0.2, 0) is 14.9 Å². The lowest BCUT2D eigenvalue weighted by atomic mass is 9.85. The van der Waals surface area contributed by atoms with E-state index in [1.54, 1.807) is 19.2 Å². The number of carbonyl (C=O) groups excluding carboxylic acids is 2. The van der Waals surface area contributed by atoms with Gasteiger partial charge in [0.1, 0.15) is 22.6 Å². The second-order valence-electron chi connectivity index (χ2n) is 9.26. The molecule has 0 radical (unpaired) electrons. The van der Waals surface area contributed by atoms with Gasteiger partial charge in [0.25, 0.3) is 5.91 Å². The highest BCUT2D eigenvalue weighted by molar-refractivity contribution is 5.96. The third-order valence-corrected chi connectivity index (χ3v) is 5.28. The summed E-state index contributed by atoms with van der Waals surface area (Å²) in [7, 11) is 1.57. The molecule has 8 nitrogen and oxygen atoms in total. The van der Waals surface area contributed by atoms with Gasteiger partial charge in [-0.15, -0.1) is 0 Å². The summed E-state index contributed by atoms with van der Waals surface area (Å²) in [5.41, 5.74) is 1.28. The van der Waals surface area contributed by atoms with Crippen molar-refractivity contribution in [3.8, 4) is 11.5 Å². The van der Waals surface area contributed by atoms with Gasteiger partial charge in [0.05, 0.1) is 0 Å². The molecule has 0 aliphatic heterocycles. The number of methoxy groups -OCH3 is 1. The number of ether oxygens (including phenoxy) is 3. The molecule has 0 aliphatic carbocycles. The molecule has 1 heterocycles. The Morgan fingerprint density at radius 2 is 1.83 bits per heavy atom. The van der Waals surface area contributed by atoms with Crippen LogP contribution in [0.2, 0.25) is 0 Å². The van der Waals surface area contributed by atoms with Gasteiger partial charge < -0.3 is 23.9 Å². The van der Waals surface area contributed by atoms with E-state index in [2.05, 4.69) is 26.1 Å². The molecule has 0 spiro atoms. The van der Waals surface area contributed by atoms with E-state index in [4.69, 9.17) is 18.6 Å². The second kappa shape index (κ2) is 11.2. The zero-order valence-electron chi connectivity index (χ0n) is 20.7. The minimum Gasteiger partial charge on any atom is -0.482 e. The lowest BCUT2D eigenvalue weighted by Gasteiger charge is -2.23. The fraction of sp³-hybridized carbons (Fsp3) is 0.370. The van der Waals surface area contributed by atoms with Crippen molar-refractivity contribution in [1.29, 1.82) is 0 Å². The third-order valence-electron chi connectivity index (χ3n) is 5.28. The first kappa shape index (κ1) is 26.0. The molecule has 3 rings (SSSR count). The van der Waals surface area contributed by atoms with E-state index >= 15 is 0 Å². The number of hydrogen-bond donors (Lipinski definition) is 1. The van der Waals surface area contributed by atoms with Crippen molar-refractivity contribution in [1.82, 2.24) is 5.32 Å². The first-order valence-corrected chi connectivity index (χ1v) is 11.4. The number of carbonyl (C=O) groups is 2. The first-order valence-electron chi connectivity index (χ1n) is 11.4. The lowest BCUT2D eigenvalue weighted by molar-refractivity contribution is -0.136. The molecular weight excluding hydrogens is 450 g/mol. The molecule has 3 aromatic rings. The van der Waals surface area contributed by atoms with Crippen LogP contribution in [0.15, 0.2) is 51.7 Å². The van der Waals surface area contributed by atoms with Gasteiger partial charge in [-0.25, -0.2) is 9.59 Å². The van der Waals surface area contributed by atoms with E-state index in [1.165, 1.54) is 12.1 Å². The van der Waals surface area contributed by atoms with Crippen LogP contribution in [0, 0.1) is 6.92 Å². The summed E-state index contributed by atoms with van der Waals surface area (Å²) in [5.74, 6) is -0.294. The highest BCUT2D eigenvalue weighted by Crippen LogP contribution is 2.32. The molecule has 186 valence electrons. The van der Waals surface area contributed by atoms with Crippen LogP contribution in [-0.4, -0.2) is 38.7 Å². The number of hydrogen-bond acceptors (Lipinski definition) is 7. The Labute approximate surface area is 204 Å². The van der Waals surface area contributed by atoms with Crippen LogP contribution >= 0.6 is 0 Å². The van der Waals surface area contributed by atoms with Crippen molar-refractivity contribution in [3.63, 3.8) is 0 Å². The first-order chi connectivity index (χ1) is 16.6. The zero-order chi connectivity index (χ0) is 25.6. The standard InChI is InChI=1S/C27H31NO7/c1-17-7-10-22(21(13-17)27(2,3)4)33-16-24(29)34-19-9-8-18-14-20(26(31)35-23(18)15-19)25(30)28-11-6-12-32-5/h7-10,13-15H,6,11-12,16H2,1-5H3,(H,28,30). The van der Waals surface area contributed by atoms with Crippen molar-refractivity contribution in [2.75, 3.05) is 26.9 Å². The number of rotatable bonds is 9. The van der Waals surface area contributed by atoms with E-state index in [-0.39, 0.29) is 28.9 Å². The quantitative estimate of drug-likeness (QED) is 0.212. The average Bonchev–Trinajstić information content (AvgIpc) is 2.79. The third kappa shape index (κ3) is 6.93. The molecule has 0 aliphatic rings. The van der Waals surface area contributed by atoms with Crippen molar-refractivity contribution in [3.05, 3.63) is 69.6 Å². The Balaban J connectivity index is 1.67. The molecule has 2 aromatic carbocycles. The number of benzene rings is 2. The summed E-state index contributed by atoms with van der Waals surface area (Å²) >= 11 is 0. The Hall–Kier alpha value is -3.65. The maximum absolute atomic E-state index is 12.4. The van der Waals surface area contributed by atoms with Crippen LogP contribution in [0.5, 0.6) is 11.5 Å². The van der Waals surface area contributed by atoms with Gasteiger partial charge in [-0.05, 0) is 48.6 Å². The van der Waals surface area contributed by atoms with E-state index < -0.39 is 17.5 Å². The maximum Gasteiger partial charge on any atom is 0.349 e. The number of aryl methyl sites for hydroxylation is 1. The average molecular weight is 482 g/mol. The second-order valence-corrected chi connectivity index (χ2v) is 9.26. The number of nitrogens with one attached hydrogen (secondary N) is 1. The molecule has 0 saturated heterocycles. The molecule has 0 fully saturated rings. The summed E-state index contributed by atoms with van der Waals surface area (Å²) in [5, 5.41) is 3.18. The minimum atomic E-state index is -0.775. The Kier molecular flexibility index (Phi) is 8.30. The highest BCUT2D eigenvalue weighted by atomic mass is 16.6. The van der Waals surface area contributed by atoms with Crippen LogP contribution in [0.4, 0.5) is 0 Å². The van der Waals surface area contributed by atoms with Crippen LogP contribution in [0.25, 0.3) is 11.0 Å². The number of amides is 1. The normalized spacial score (nSPS) is 11.3. The van der Waals surface area contributed by atoms with Gasteiger partial charge in [0, 0.05) is 31.7 Å². The SMILES string of the molecule is COCCCNC(=O)c1cc2ccc(OC(=O)COc3ccc(C)cc3C(C)(C)C)cc2oc1=O. The zero-order valence-corrected chi connectivity index (χ0v) is 20.7. The molecule has 1 aromatic heterocycles. The van der Waals surface area contributed by atoms with Crippen molar-refractivity contribution >= 4 is 22.8 Å². The van der Waals surface area contributed by atoms with Crippen LogP contribution in [0.1, 0.15) is 48.7 Å². The molecule has 0 unspecified atom stereocenters. The largest absolute Gasteiger partial charge is 0.482 e. The summed E-state index contributed by atoms with van der Waals surface area (Å²) in [6.07, 6.45) is 0.626. The molecule has 1 N–H and O–H groups in total. The molecule has 35 heavy (non-hydrogen) atoms. The van der Waals surface area contributed by atoms with Gasteiger partial charge in [0.2, 0.25) is 0 Å². The van der Waals surface area contributed by atoms with Gasteiger partial charge in [-0.2, -0.15) is 0 Å². The highest BCUT2D eigenvalue weighted by Gasteiger charge is 2.20. The predicted octanol–water partition coefficient (Wildman–Crippen LogP) is 4.15. The summed E-state index contributed by atoms with van der Waals surface area (Å²) < 4.78 is 21.3.